The number of allylic oxidation sites excluding steroid dienone is 2. The second-order valence-electron chi connectivity index (χ2n) is 9.14. The Kier molecular flexibility index (Phi) is 8.21. The Morgan fingerprint density at radius 1 is 0.714 bits per heavy atom. The van der Waals surface area contributed by atoms with Crippen LogP contribution in [0.3, 0.4) is 0 Å². The SMILES string of the molecule is COc1ccc(-n2c(=O)c(C=C=C(C)C=Cc3c(O)n(C)c(=O)n(-c4ccc(OC)cc4)c3=O)c(O)n(C)c2=O)cc1. The quantitative estimate of drug-likeness (QED) is 0.253. The molecule has 0 aliphatic heterocycles. The largest absolute Gasteiger partial charge is 0.497 e. The number of aromatic hydroxyl groups is 2. The normalized spacial score (nSPS) is 10.9. The molecule has 12 nitrogen and oxygen atoms in total. The highest BCUT2D eigenvalue weighted by Gasteiger charge is 2.17. The second-order valence-corrected chi connectivity index (χ2v) is 9.14. The van der Waals surface area contributed by atoms with Crippen LogP contribution in [0.25, 0.3) is 23.5 Å². The zero-order valence-electron chi connectivity index (χ0n) is 23.5. The highest BCUT2D eigenvalue weighted by Crippen LogP contribution is 2.18. The van der Waals surface area contributed by atoms with Crippen LogP contribution in [0.1, 0.15) is 18.1 Å². The van der Waals surface area contributed by atoms with Crippen LogP contribution in [-0.4, -0.2) is 42.7 Å². The Bertz CT molecular complexity index is 2000. The molecule has 2 N–H and O–H groups in total. The molecule has 2 aromatic heterocycles. The van der Waals surface area contributed by atoms with E-state index in [9.17, 15) is 29.4 Å². The van der Waals surface area contributed by atoms with Gasteiger partial charge in [0.25, 0.3) is 11.1 Å². The van der Waals surface area contributed by atoms with Crippen molar-refractivity contribution < 1.29 is 19.7 Å². The van der Waals surface area contributed by atoms with Crippen molar-refractivity contribution in [3.05, 3.63) is 119 Å². The van der Waals surface area contributed by atoms with E-state index in [1.165, 1.54) is 58.7 Å². The van der Waals surface area contributed by atoms with Crippen LogP contribution < -0.4 is 32.0 Å². The van der Waals surface area contributed by atoms with Gasteiger partial charge in [-0.15, -0.1) is 5.73 Å². The van der Waals surface area contributed by atoms with Gasteiger partial charge in [-0.3, -0.25) is 18.7 Å². The van der Waals surface area contributed by atoms with Crippen LogP contribution in [0.4, 0.5) is 0 Å². The fourth-order valence-corrected chi connectivity index (χ4v) is 4.08. The summed E-state index contributed by atoms with van der Waals surface area (Å²) in [4.78, 5) is 52.0. The van der Waals surface area contributed by atoms with Crippen LogP contribution >= 0.6 is 0 Å². The summed E-state index contributed by atoms with van der Waals surface area (Å²) < 4.78 is 13.9. The average molecular weight is 573 g/mol. The van der Waals surface area contributed by atoms with Crippen molar-refractivity contribution in [3.63, 3.8) is 0 Å². The number of benzene rings is 2. The van der Waals surface area contributed by atoms with E-state index in [1.54, 1.807) is 43.3 Å². The number of rotatable bonds is 7. The predicted molar refractivity (Wildman–Crippen MR) is 157 cm³/mol. The number of nitrogens with zero attached hydrogens (tertiary/aromatic N) is 4. The first-order valence-electron chi connectivity index (χ1n) is 12.5. The number of ether oxygens (including phenoxy) is 2. The molecule has 4 aromatic rings. The highest BCUT2D eigenvalue weighted by atomic mass is 16.5. The molecule has 0 spiro atoms. The lowest BCUT2D eigenvalue weighted by Gasteiger charge is -2.11. The minimum atomic E-state index is -0.775. The van der Waals surface area contributed by atoms with Crippen LogP contribution in [-0.2, 0) is 14.1 Å². The van der Waals surface area contributed by atoms with Crippen molar-refractivity contribution in [1.82, 2.24) is 18.3 Å². The maximum Gasteiger partial charge on any atom is 0.338 e. The maximum atomic E-state index is 13.2. The third kappa shape index (κ3) is 5.34. The van der Waals surface area contributed by atoms with Gasteiger partial charge in [-0.05, 0) is 73.2 Å². The summed E-state index contributed by atoms with van der Waals surface area (Å²) in [7, 11) is 5.63. The summed E-state index contributed by atoms with van der Waals surface area (Å²) in [5, 5.41) is 21.1. The van der Waals surface area contributed by atoms with E-state index in [0.717, 1.165) is 18.3 Å². The first-order chi connectivity index (χ1) is 20.0. The van der Waals surface area contributed by atoms with E-state index < -0.39 is 34.3 Å². The third-order valence-electron chi connectivity index (χ3n) is 6.55. The van der Waals surface area contributed by atoms with Crippen molar-refractivity contribution in [3.8, 4) is 34.6 Å². The molecule has 42 heavy (non-hydrogen) atoms. The average Bonchev–Trinajstić information content (AvgIpc) is 2.99. The molecule has 0 amide bonds. The molecular formula is C30H28N4O8. The van der Waals surface area contributed by atoms with Gasteiger partial charge < -0.3 is 19.7 Å². The smallest absolute Gasteiger partial charge is 0.338 e. The van der Waals surface area contributed by atoms with Crippen molar-refractivity contribution in [2.24, 2.45) is 14.1 Å². The molecule has 0 radical (unpaired) electrons. The molecule has 0 saturated heterocycles. The van der Waals surface area contributed by atoms with Crippen molar-refractivity contribution in [1.29, 1.82) is 0 Å². The lowest BCUT2D eigenvalue weighted by Crippen LogP contribution is -2.38. The van der Waals surface area contributed by atoms with E-state index in [2.05, 4.69) is 5.73 Å². The van der Waals surface area contributed by atoms with Crippen molar-refractivity contribution in [2.45, 2.75) is 6.92 Å². The molecule has 0 fully saturated rings. The van der Waals surface area contributed by atoms with E-state index in [-0.39, 0.29) is 22.5 Å². The monoisotopic (exact) mass is 572 g/mol. The Morgan fingerprint density at radius 2 is 1.12 bits per heavy atom. The Hall–Kier alpha value is -5.74. The molecule has 0 aliphatic carbocycles. The van der Waals surface area contributed by atoms with Gasteiger partial charge in [0, 0.05) is 14.1 Å². The van der Waals surface area contributed by atoms with Crippen molar-refractivity contribution >= 4 is 12.2 Å². The third-order valence-corrected chi connectivity index (χ3v) is 6.55. The van der Waals surface area contributed by atoms with Crippen molar-refractivity contribution in [2.75, 3.05) is 14.2 Å². The van der Waals surface area contributed by atoms with Gasteiger partial charge in [-0.25, -0.2) is 18.7 Å². The summed E-state index contributed by atoms with van der Waals surface area (Å²) >= 11 is 0. The first-order valence-corrected chi connectivity index (χ1v) is 12.5. The predicted octanol–water partition coefficient (Wildman–Crippen LogP) is 2.09. The van der Waals surface area contributed by atoms with Crippen LogP contribution in [0, 0.1) is 0 Å². The number of methoxy groups -OCH3 is 2. The molecule has 0 saturated carbocycles. The van der Waals surface area contributed by atoms with E-state index in [4.69, 9.17) is 9.47 Å². The first kappa shape index (κ1) is 29.2. The van der Waals surface area contributed by atoms with Crippen LogP contribution in [0.2, 0.25) is 0 Å². The molecule has 12 heteroatoms. The summed E-state index contributed by atoms with van der Waals surface area (Å²) in [6.07, 6.45) is 3.97. The summed E-state index contributed by atoms with van der Waals surface area (Å²) in [6, 6.07) is 12.5. The fourth-order valence-electron chi connectivity index (χ4n) is 4.08. The van der Waals surface area contributed by atoms with Gasteiger partial charge >= 0.3 is 11.4 Å². The van der Waals surface area contributed by atoms with E-state index in [1.807, 2.05) is 0 Å². The fraction of sp³-hybridized carbons (Fsp3) is 0.167. The maximum absolute atomic E-state index is 13.2. The van der Waals surface area contributed by atoms with E-state index in [0.29, 0.717) is 17.1 Å². The molecular weight excluding hydrogens is 544 g/mol. The molecule has 0 bridgehead atoms. The van der Waals surface area contributed by atoms with Gasteiger partial charge in [0.2, 0.25) is 11.8 Å². The molecule has 4 rings (SSSR count). The van der Waals surface area contributed by atoms with Crippen LogP contribution in [0.5, 0.6) is 23.3 Å². The lowest BCUT2D eigenvalue weighted by atomic mass is 10.2. The zero-order valence-corrected chi connectivity index (χ0v) is 23.5. The number of aromatic nitrogens is 4. The summed E-state index contributed by atoms with van der Waals surface area (Å²) in [5.41, 5.74) is 0.389. The van der Waals surface area contributed by atoms with Gasteiger partial charge in [-0.1, -0.05) is 6.08 Å². The molecule has 0 aliphatic rings. The van der Waals surface area contributed by atoms with E-state index >= 15 is 0 Å². The minimum absolute atomic E-state index is 0.166. The van der Waals surface area contributed by atoms with Gasteiger partial charge in [0.1, 0.15) is 22.6 Å². The topological polar surface area (TPSA) is 147 Å². The van der Waals surface area contributed by atoms with Gasteiger partial charge in [0.05, 0.1) is 25.6 Å². The van der Waals surface area contributed by atoms with Gasteiger partial charge in [-0.2, -0.15) is 0 Å². The Balaban J connectivity index is 1.79. The molecule has 0 unspecified atom stereocenters. The minimum Gasteiger partial charge on any atom is -0.497 e. The molecule has 0 atom stereocenters. The molecule has 216 valence electrons. The number of hydrogen-bond acceptors (Lipinski definition) is 8. The molecule has 2 heterocycles. The zero-order chi connectivity index (χ0) is 30.7. The lowest BCUT2D eigenvalue weighted by molar-refractivity contribution is 0.412. The standard InChI is InChI=1S/C30H28N4O8/c1-18(6-16-23-25(35)31(2)29(39)33(27(23)37)19-8-12-21(41-4)13-9-19)7-17-24-26(36)32(3)30(40)34(28(24)38)20-10-14-22(42-5)15-11-20/h6,8-17,35-36H,1-5H3. The second kappa shape index (κ2) is 11.8. The van der Waals surface area contributed by atoms with Gasteiger partial charge in [0.15, 0.2) is 0 Å². The summed E-state index contributed by atoms with van der Waals surface area (Å²) in [6.45, 7) is 1.61. The Morgan fingerprint density at radius 3 is 1.55 bits per heavy atom. The summed E-state index contributed by atoms with van der Waals surface area (Å²) in [5.74, 6) is -0.0264. The number of hydrogen-bond donors (Lipinski definition) is 2. The Labute approximate surface area is 238 Å². The van der Waals surface area contributed by atoms with Crippen LogP contribution in [0.15, 0.2) is 85.1 Å². The molecule has 2 aromatic carbocycles. The highest BCUT2D eigenvalue weighted by molar-refractivity contribution is 5.59.